The van der Waals surface area contributed by atoms with Gasteiger partial charge in [0.05, 0.1) is 23.0 Å². The van der Waals surface area contributed by atoms with Gasteiger partial charge >= 0.3 is 0 Å². The summed E-state index contributed by atoms with van der Waals surface area (Å²) in [6.07, 6.45) is 0. The van der Waals surface area contributed by atoms with Gasteiger partial charge in [0.2, 0.25) is 0 Å². The Bertz CT molecular complexity index is 469. The number of hydrogen-bond donors (Lipinski definition) is 0. The maximum atomic E-state index is 11.5. The molecule has 2 fully saturated rings. The predicted molar refractivity (Wildman–Crippen MR) is 85.5 cm³/mol. The summed E-state index contributed by atoms with van der Waals surface area (Å²) in [5.41, 5.74) is 0. The van der Waals surface area contributed by atoms with E-state index in [2.05, 4.69) is 31.9 Å². The zero-order chi connectivity index (χ0) is 13.6. The highest BCUT2D eigenvalue weighted by molar-refractivity contribution is 9.10. The highest BCUT2D eigenvalue weighted by Gasteiger charge is 2.40. The zero-order valence-electron chi connectivity index (χ0n) is 9.16. The van der Waals surface area contributed by atoms with Crippen molar-refractivity contribution in [1.29, 1.82) is 0 Å². The molecule has 0 aromatic rings. The van der Waals surface area contributed by atoms with Gasteiger partial charge in [-0.25, -0.2) is 16.8 Å². The molecule has 0 saturated carbocycles. The minimum atomic E-state index is -2.94. The van der Waals surface area contributed by atoms with Crippen molar-refractivity contribution in [2.45, 2.75) is 20.2 Å². The predicted octanol–water partition coefficient (Wildman–Crippen LogP) is 1.49. The molecule has 2 aliphatic rings. The Labute approximate surface area is 132 Å². The summed E-state index contributed by atoms with van der Waals surface area (Å²) in [5, 5.41) is 0.00556. The number of sulfone groups is 2. The van der Waals surface area contributed by atoms with E-state index in [9.17, 15) is 16.8 Å². The van der Waals surface area contributed by atoms with E-state index in [4.69, 9.17) is 0 Å². The first-order valence-corrected chi connectivity index (χ1v) is 12.9. The van der Waals surface area contributed by atoms with E-state index in [0.29, 0.717) is 0 Å². The Morgan fingerprint density at radius 1 is 0.722 bits per heavy atom. The van der Waals surface area contributed by atoms with Crippen molar-refractivity contribution in [3.8, 4) is 0 Å². The fourth-order valence-electron chi connectivity index (χ4n) is 1.86. The van der Waals surface area contributed by atoms with Crippen molar-refractivity contribution >= 4 is 73.1 Å². The first-order valence-electron chi connectivity index (χ1n) is 5.20. The molecule has 0 bridgehead atoms. The fourth-order valence-corrected chi connectivity index (χ4v) is 15.1. The highest BCUT2D eigenvalue weighted by atomic mass is 79.9. The first kappa shape index (κ1) is 15.9. The lowest BCUT2D eigenvalue weighted by Crippen LogP contribution is -2.17. The van der Waals surface area contributed by atoms with Gasteiger partial charge < -0.3 is 0 Å². The monoisotopic (exact) mass is 458 g/mol. The Kier molecular flexibility index (Phi) is 5.09. The Morgan fingerprint density at radius 2 is 1.06 bits per heavy atom. The molecule has 2 aliphatic heterocycles. The van der Waals surface area contributed by atoms with E-state index in [1.165, 1.54) is 21.6 Å². The summed E-state index contributed by atoms with van der Waals surface area (Å²) in [4.78, 5) is -0.0708. The molecule has 4 atom stereocenters. The topological polar surface area (TPSA) is 68.3 Å². The summed E-state index contributed by atoms with van der Waals surface area (Å²) >= 11 is 6.77. The molecule has 2 saturated heterocycles. The van der Waals surface area contributed by atoms with E-state index in [1.807, 2.05) is 0 Å². The number of rotatable bonds is 3. The van der Waals surface area contributed by atoms with Gasteiger partial charge in [-0.2, -0.15) is 0 Å². The normalized spacial score (nSPS) is 42.1. The summed E-state index contributed by atoms with van der Waals surface area (Å²) in [5.74, 6) is 0.692. The SMILES string of the molecule is O=S1(=O)C[C@H](SS[C@@H]2CS(=O)(=O)C[C@H]2Br)[C@@H](Br)C1. The molecule has 106 valence electrons. The zero-order valence-corrected chi connectivity index (χ0v) is 15.6. The maximum absolute atomic E-state index is 11.5. The minimum Gasteiger partial charge on any atom is -0.229 e. The molecular weight excluding hydrogens is 448 g/mol. The Morgan fingerprint density at radius 3 is 1.28 bits per heavy atom. The molecule has 0 amide bonds. The molecule has 4 nitrogen and oxygen atoms in total. The number of hydrogen-bond acceptors (Lipinski definition) is 6. The molecule has 0 aromatic heterocycles. The van der Waals surface area contributed by atoms with Crippen LogP contribution in [0.2, 0.25) is 0 Å². The average molecular weight is 460 g/mol. The molecule has 2 heterocycles. The van der Waals surface area contributed by atoms with E-state index >= 15 is 0 Å². The van der Waals surface area contributed by atoms with Gasteiger partial charge in [-0.15, -0.1) is 0 Å². The van der Waals surface area contributed by atoms with Crippen LogP contribution in [0.3, 0.4) is 0 Å². The van der Waals surface area contributed by atoms with E-state index < -0.39 is 19.7 Å². The van der Waals surface area contributed by atoms with Crippen LogP contribution in [0.25, 0.3) is 0 Å². The third-order valence-electron chi connectivity index (χ3n) is 2.77. The molecule has 0 N–H and O–H groups in total. The van der Waals surface area contributed by atoms with Crippen molar-refractivity contribution in [2.75, 3.05) is 23.0 Å². The molecule has 0 spiro atoms. The van der Waals surface area contributed by atoms with Crippen LogP contribution in [0.5, 0.6) is 0 Å². The summed E-state index contributed by atoms with van der Waals surface area (Å²) in [6.45, 7) is 0. The third-order valence-corrected chi connectivity index (χ3v) is 13.6. The third kappa shape index (κ3) is 4.03. The van der Waals surface area contributed by atoms with Crippen LogP contribution in [0, 0.1) is 0 Å². The van der Waals surface area contributed by atoms with Crippen LogP contribution in [0.4, 0.5) is 0 Å². The second kappa shape index (κ2) is 5.75. The highest BCUT2D eigenvalue weighted by Crippen LogP contribution is 2.43. The van der Waals surface area contributed by atoms with Gasteiger partial charge in [0, 0.05) is 20.2 Å². The molecule has 18 heavy (non-hydrogen) atoms. The van der Waals surface area contributed by atoms with Crippen molar-refractivity contribution in [2.24, 2.45) is 0 Å². The Balaban J connectivity index is 1.90. The summed E-state index contributed by atoms with van der Waals surface area (Å²) < 4.78 is 45.8. The second-order valence-electron chi connectivity index (χ2n) is 4.46. The van der Waals surface area contributed by atoms with Crippen molar-refractivity contribution in [3.05, 3.63) is 0 Å². The van der Waals surface area contributed by atoms with E-state index in [1.54, 1.807) is 0 Å². The first-order chi connectivity index (χ1) is 8.19. The maximum Gasteiger partial charge on any atom is 0.152 e. The van der Waals surface area contributed by atoms with Crippen LogP contribution >= 0.6 is 53.4 Å². The summed E-state index contributed by atoms with van der Waals surface area (Å²) in [6, 6.07) is 0. The van der Waals surface area contributed by atoms with Crippen LogP contribution < -0.4 is 0 Å². The lowest BCUT2D eigenvalue weighted by atomic mass is 10.4. The van der Waals surface area contributed by atoms with Crippen LogP contribution in [0.1, 0.15) is 0 Å². The quantitative estimate of drug-likeness (QED) is 0.470. The molecule has 0 aromatic carbocycles. The summed E-state index contributed by atoms with van der Waals surface area (Å²) in [7, 11) is -2.89. The van der Waals surface area contributed by atoms with E-state index in [-0.39, 0.29) is 43.2 Å². The molecule has 0 radical (unpaired) electrons. The second-order valence-corrected chi connectivity index (χ2v) is 13.9. The molecular formula is C8H12Br2O4S4. The molecule has 10 heteroatoms. The van der Waals surface area contributed by atoms with Gasteiger partial charge in [0.25, 0.3) is 0 Å². The van der Waals surface area contributed by atoms with Crippen LogP contribution in [-0.2, 0) is 19.7 Å². The smallest absolute Gasteiger partial charge is 0.152 e. The molecule has 0 unspecified atom stereocenters. The minimum absolute atomic E-state index is 0.00278. The van der Waals surface area contributed by atoms with Crippen LogP contribution in [-0.4, -0.2) is 60.0 Å². The molecule has 2 rings (SSSR count). The van der Waals surface area contributed by atoms with Crippen molar-refractivity contribution in [1.82, 2.24) is 0 Å². The van der Waals surface area contributed by atoms with E-state index in [0.717, 1.165) is 0 Å². The van der Waals surface area contributed by atoms with Crippen LogP contribution in [0.15, 0.2) is 0 Å². The lowest BCUT2D eigenvalue weighted by Gasteiger charge is -2.15. The lowest BCUT2D eigenvalue weighted by molar-refractivity contribution is 0.600. The van der Waals surface area contributed by atoms with Crippen molar-refractivity contribution < 1.29 is 16.8 Å². The van der Waals surface area contributed by atoms with Gasteiger partial charge in [-0.3, -0.25) is 0 Å². The fraction of sp³-hybridized carbons (Fsp3) is 1.00. The van der Waals surface area contributed by atoms with Gasteiger partial charge in [-0.05, 0) is 0 Å². The number of alkyl halides is 2. The average Bonchev–Trinajstić information content (AvgIpc) is 2.59. The van der Waals surface area contributed by atoms with Crippen molar-refractivity contribution in [3.63, 3.8) is 0 Å². The standard InChI is InChI=1S/C8H12Br2O4S4/c9-5-1-17(11,12)3-7(5)15-16-8-4-18(13,14)2-6(8)10/h5-8H,1-4H2/t5-,6+,7-,8+. The Hall–Kier alpha value is 1.56. The van der Waals surface area contributed by atoms with Gasteiger partial charge in [0.15, 0.2) is 19.7 Å². The number of halogens is 2. The van der Waals surface area contributed by atoms with Gasteiger partial charge in [0.1, 0.15) is 0 Å². The molecule has 0 aliphatic carbocycles. The van der Waals surface area contributed by atoms with Gasteiger partial charge in [-0.1, -0.05) is 53.4 Å². The largest absolute Gasteiger partial charge is 0.229 e.